The monoisotopic (exact) mass is 402 g/mol. The van der Waals surface area contributed by atoms with Crippen LogP contribution < -0.4 is 0 Å². The smallest absolute Gasteiger partial charge is 0.222 e. The molecule has 4 nitrogen and oxygen atoms in total. The molecule has 0 aromatic carbocycles. The highest BCUT2D eigenvalue weighted by molar-refractivity contribution is 5.77. The number of hydrogen-bond donors (Lipinski definition) is 0. The zero-order chi connectivity index (χ0) is 21.0. The Morgan fingerprint density at radius 2 is 1.86 bits per heavy atom. The normalized spacial score (nSPS) is 46.7. The molecule has 4 heteroatoms. The molecule has 1 heterocycles. The Morgan fingerprint density at radius 3 is 2.55 bits per heavy atom. The van der Waals surface area contributed by atoms with E-state index in [1.165, 1.54) is 32.1 Å². The first kappa shape index (κ1) is 21.2. The summed E-state index contributed by atoms with van der Waals surface area (Å²) in [7, 11) is 2.05. The second-order valence-electron chi connectivity index (χ2n) is 11.4. The highest BCUT2D eigenvalue weighted by atomic mass is 16.2. The van der Waals surface area contributed by atoms with Gasteiger partial charge >= 0.3 is 0 Å². The number of rotatable bonds is 5. The van der Waals surface area contributed by atoms with Crippen molar-refractivity contribution < 1.29 is 9.59 Å². The Morgan fingerprint density at radius 1 is 1.14 bits per heavy atom. The summed E-state index contributed by atoms with van der Waals surface area (Å²) in [6.07, 6.45) is 11.4. The zero-order valence-electron chi connectivity index (χ0n) is 19.3. The average Bonchev–Trinajstić information content (AvgIpc) is 3.03. The van der Waals surface area contributed by atoms with Gasteiger partial charge < -0.3 is 9.80 Å². The van der Waals surface area contributed by atoms with Crippen LogP contribution in [0, 0.1) is 34.5 Å². The number of unbranched alkanes of at least 4 members (excludes halogenated alkanes) is 1. The van der Waals surface area contributed by atoms with Crippen LogP contribution in [0.5, 0.6) is 0 Å². The number of nitrogens with zero attached hydrogens (tertiary/aromatic N) is 2. The number of piperidine rings is 1. The second kappa shape index (κ2) is 7.57. The number of amides is 2. The fraction of sp³-hybridized carbons (Fsp3) is 0.920. The fourth-order valence-corrected chi connectivity index (χ4v) is 8.87. The van der Waals surface area contributed by atoms with Crippen molar-refractivity contribution in [3.63, 3.8) is 0 Å². The van der Waals surface area contributed by atoms with E-state index in [4.69, 9.17) is 0 Å². The van der Waals surface area contributed by atoms with Gasteiger partial charge in [-0.1, -0.05) is 34.1 Å². The molecule has 0 radical (unpaired) electrons. The summed E-state index contributed by atoms with van der Waals surface area (Å²) in [6, 6.07) is 0.830. The molecule has 4 rings (SSSR count). The van der Waals surface area contributed by atoms with Crippen LogP contribution in [-0.4, -0.2) is 47.8 Å². The van der Waals surface area contributed by atoms with Crippen molar-refractivity contribution in [2.45, 2.75) is 97.6 Å². The number of fused-ring (bicyclic) bond motifs is 5. The predicted octanol–water partition coefficient (Wildman–Crippen LogP) is 4.72. The molecule has 164 valence electrons. The summed E-state index contributed by atoms with van der Waals surface area (Å²) >= 11 is 0. The molecule has 2 amide bonds. The molecular formula is C25H42N2O2. The molecule has 1 aliphatic heterocycles. The van der Waals surface area contributed by atoms with E-state index in [0.717, 1.165) is 56.4 Å². The van der Waals surface area contributed by atoms with Crippen LogP contribution in [0.3, 0.4) is 0 Å². The molecule has 0 bridgehead atoms. The Balaban J connectivity index is 1.60. The third kappa shape index (κ3) is 3.07. The summed E-state index contributed by atoms with van der Waals surface area (Å²) in [4.78, 5) is 28.7. The molecule has 4 aliphatic rings. The molecule has 3 aliphatic carbocycles. The standard InChI is InChI=1S/C25H42N2O2/c1-6-7-14-27(16-28)21-9-8-19-18-15-17(2)23-25(4,13-11-22(29)26(23)5)20(18)10-12-24(19,21)3/h16-21,23H,6-15H2,1-5H3/t17?,18-,19-,20-,21-,23+,24-,25+/m0/s1. The third-order valence-electron chi connectivity index (χ3n) is 10.1. The van der Waals surface area contributed by atoms with Crippen LogP contribution in [0.1, 0.15) is 85.5 Å². The lowest BCUT2D eigenvalue weighted by molar-refractivity contribution is -0.168. The number of likely N-dealkylation sites (tertiary alicyclic amines) is 1. The molecule has 8 atom stereocenters. The quantitative estimate of drug-likeness (QED) is 0.624. The minimum Gasteiger partial charge on any atom is -0.342 e. The largest absolute Gasteiger partial charge is 0.342 e. The summed E-state index contributed by atoms with van der Waals surface area (Å²) in [6.45, 7) is 10.5. The Hall–Kier alpha value is -1.06. The van der Waals surface area contributed by atoms with E-state index in [0.29, 0.717) is 23.9 Å². The average molecular weight is 403 g/mol. The molecule has 1 unspecified atom stereocenters. The van der Waals surface area contributed by atoms with Gasteiger partial charge in [0.05, 0.1) is 0 Å². The van der Waals surface area contributed by atoms with Crippen molar-refractivity contribution in [1.29, 1.82) is 0 Å². The SMILES string of the molecule is CCCCN(C=O)[C@H]1CC[C@H]2[C@@H]3CC(C)[C@H]4N(C)C(=O)CC[C@]4(C)[C@H]3CC[C@]12C. The maximum atomic E-state index is 12.5. The topological polar surface area (TPSA) is 40.6 Å². The second-order valence-corrected chi connectivity index (χ2v) is 11.4. The zero-order valence-corrected chi connectivity index (χ0v) is 19.3. The van der Waals surface area contributed by atoms with Gasteiger partial charge in [-0.05, 0) is 79.4 Å². The highest BCUT2D eigenvalue weighted by Gasteiger charge is 2.63. The van der Waals surface area contributed by atoms with Crippen molar-refractivity contribution in [1.82, 2.24) is 9.80 Å². The van der Waals surface area contributed by atoms with E-state index < -0.39 is 0 Å². The van der Waals surface area contributed by atoms with Crippen LogP contribution in [0.15, 0.2) is 0 Å². The van der Waals surface area contributed by atoms with Gasteiger partial charge in [0.15, 0.2) is 0 Å². The summed E-state index contributed by atoms with van der Waals surface area (Å²) < 4.78 is 0. The van der Waals surface area contributed by atoms with Crippen LogP contribution in [0.2, 0.25) is 0 Å². The van der Waals surface area contributed by atoms with Crippen LogP contribution >= 0.6 is 0 Å². The van der Waals surface area contributed by atoms with Gasteiger partial charge in [-0.3, -0.25) is 9.59 Å². The van der Waals surface area contributed by atoms with Gasteiger partial charge in [-0.25, -0.2) is 0 Å². The first-order valence-corrected chi connectivity index (χ1v) is 12.2. The minimum atomic E-state index is 0.261. The van der Waals surface area contributed by atoms with Crippen LogP contribution in [-0.2, 0) is 9.59 Å². The van der Waals surface area contributed by atoms with E-state index in [1.54, 1.807) is 0 Å². The third-order valence-corrected chi connectivity index (χ3v) is 10.1. The van der Waals surface area contributed by atoms with E-state index in [9.17, 15) is 9.59 Å². The van der Waals surface area contributed by atoms with Gasteiger partial charge in [-0.15, -0.1) is 0 Å². The molecule has 4 fully saturated rings. The van der Waals surface area contributed by atoms with E-state index in [2.05, 4.69) is 44.5 Å². The Bertz CT molecular complexity index is 651. The first-order chi connectivity index (χ1) is 13.8. The molecule has 0 N–H and O–H groups in total. The van der Waals surface area contributed by atoms with Gasteiger partial charge in [0.25, 0.3) is 0 Å². The first-order valence-electron chi connectivity index (χ1n) is 12.2. The fourth-order valence-electron chi connectivity index (χ4n) is 8.87. The van der Waals surface area contributed by atoms with E-state index >= 15 is 0 Å². The Kier molecular flexibility index (Phi) is 5.53. The van der Waals surface area contributed by atoms with Gasteiger partial charge in [0.1, 0.15) is 0 Å². The maximum absolute atomic E-state index is 12.5. The van der Waals surface area contributed by atoms with Crippen LogP contribution in [0.4, 0.5) is 0 Å². The lowest BCUT2D eigenvalue weighted by Gasteiger charge is -2.63. The van der Waals surface area contributed by atoms with Crippen molar-refractivity contribution >= 4 is 12.3 Å². The molecule has 0 spiro atoms. The van der Waals surface area contributed by atoms with E-state index in [-0.39, 0.29) is 10.8 Å². The van der Waals surface area contributed by atoms with Gasteiger partial charge in [0.2, 0.25) is 12.3 Å². The molecule has 0 aromatic rings. The Labute approximate surface area is 177 Å². The highest BCUT2D eigenvalue weighted by Crippen LogP contribution is 2.66. The van der Waals surface area contributed by atoms with Gasteiger partial charge in [0, 0.05) is 32.1 Å². The molecule has 1 saturated heterocycles. The van der Waals surface area contributed by atoms with Crippen LogP contribution in [0.25, 0.3) is 0 Å². The van der Waals surface area contributed by atoms with Gasteiger partial charge in [-0.2, -0.15) is 0 Å². The van der Waals surface area contributed by atoms with Crippen molar-refractivity contribution in [2.24, 2.45) is 34.5 Å². The van der Waals surface area contributed by atoms with Crippen molar-refractivity contribution in [3.05, 3.63) is 0 Å². The molecule has 3 saturated carbocycles. The molecule has 29 heavy (non-hydrogen) atoms. The lowest BCUT2D eigenvalue weighted by atomic mass is 9.45. The molecular weight excluding hydrogens is 360 g/mol. The van der Waals surface area contributed by atoms with E-state index in [1.807, 2.05) is 0 Å². The predicted molar refractivity (Wildman–Crippen MR) is 116 cm³/mol. The maximum Gasteiger partial charge on any atom is 0.222 e. The lowest BCUT2D eigenvalue weighted by Crippen LogP contribution is -2.64. The summed E-state index contributed by atoms with van der Waals surface area (Å²) in [5, 5.41) is 0. The summed E-state index contributed by atoms with van der Waals surface area (Å²) in [5.74, 6) is 3.14. The number of hydrogen-bond acceptors (Lipinski definition) is 2. The number of carbonyl (C=O) groups excluding carboxylic acids is 2. The van der Waals surface area contributed by atoms with Crippen molar-refractivity contribution in [3.8, 4) is 0 Å². The van der Waals surface area contributed by atoms with Crippen molar-refractivity contribution in [2.75, 3.05) is 13.6 Å². The minimum absolute atomic E-state index is 0.261. The number of carbonyl (C=O) groups is 2. The summed E-state index contributed by atoms with van der Waals surface area (Å²) in [5.41, 5.74) is 0.534. The molecule has 0 aromatic heterocycles.